The van der Waals surface area contributed by atoms with E-state index in [1.165, 1.54) is 0 Å². The molecule has 114 valence electrons. The minimum atomic E-state index is -0.217. The lowest BCUT2D eigenvalue weighted by Gasteiger charge is -2.06. The van der Waals surface area contributed by atoms with Crippen LogP contribution in [0.25, 0.3) is 11.0 Å². The predicted molar refractivity (Wildman–Crippen MR) is 84.1 cm³/mol. The van der Waals surface area contributed by atoms with Gasteiger partial charge >= 0.3 is 5.69 Å². The van der Waals surface area contributed by atoms with E-state index in [4.69, 9.17) is 0 Å². The number of amides is 1. The van der Waals surface area contributed by atoms with Gasteiger partial charge in [0.25, 0.3) is 5.91 Å². The molecule has 1 aromatic carbocycles. The zero-order valence-corrected chi connectivity index (χ0v) is 12.9. The lowest BCUT2D eigenvalue weighted by atomic mass is 10.2. The molecule has 0 unspecified atom stereocenters. The van der Waals surface area contributed by atoms with Crippen molar-refractivity contribution in [3.8, 4) is 0 Å². The van der Waals surface area contributed by atoms with Crippen molar-refractivity contribution in [2.24, 2.45) is 21.1 Å². The fourth-order valence-electron chi connectivity index (χ4n) is 2.50. The predicted octanol–water partition coefficient (Wildman–Crippen LogP) is 1.17. The summed E-state index contributed by atoms with van der Waals surface area (Å²) in [4.78, 5) is 24.2. The van der Waals surface area contributed by atoms with Crippen molar-refractivity contribution in [3.05, 3.63) is 46.1 Å². The van der Waals surface area contributed by atoms with Crippen LogP contribution < -0.4 is 11.0 Å². The van der Waals surface area contributed by atoms with Gasteiger partial charge in [-0.3, -0.25) is 18.6 Å². The zero-order chi connectivity index (χ0) is 16.0. The fraction of sp³-hybridized carbons (Fsp3) is 0.267. The Morgan fingerprint density at radius 3 is 2.45 bits per heavy atom. The highest BCUT2D eigenvalue weighted by Crippen LogP contribution is 2.18. The standard InChI is InChI=1S/C15H17N5O2/c1-9-11(8-16-20(9)4)14(21)17-10-5-6-12-13(7-10)19(3)15(22)18(12)2/h5-8H,1-4H3,(H,17,21). The Kier molecular flexibility index (Phi) is 3.13. The van der Waals surface area contributed by atoms with Crippen molar-refractivity contribution in [3.63, 3.8) is 0 Å². The van der Waals surface area contributed by atoms with E-state index in [1.54, 1.807) is 53.3 Å². The second kappa shape index (κ2) is 4.87. The van der Waals surface area contributed by atoms with Gasteiger partial charge in [-0.25, -0.2) is 4.79 Å². The molecular weight excluding hydrogens is 282 g/mol. The summed E-state index contributed by atoms with van der Waals surface area (Å²) >= 11 is 0. The van der Waals surface area contributed by atoms with Crippen molar-refractivity contribution in [1.82, 2.24) is 18.9 Å². The van der Waals surface area contributed by atoms with Gasteiger partial charge in [-0.2, -0.15) is 5.10 Å². The second-order valence-corrected chi connectivity index (χ2v) is 5.33. The molecule has 3 aromatic rings. The molecule has 0 saturated carbocycles. The number of hydrogen-bond acceptors (Lipinski definition) is 3. The Hall–Kier alpha value is -2.83. The molecule has 7 heteroatoms. The number of nitrogens with one attached hydrogen (secondary N) is 1. The zero-order valence-electron chi connectivity index (χ0n) is 12.9. The van der Waals surface area contributed by atoms with Crippen LogP contribution in [0.2, 0.25) is 0 Å². The van der Waals surface area contributed by atoms with Crippen LogP contribution in [0, 0.1) is 6.92 Å². The third-order valence-corrected chi connectivity index (χ3v) is 4.01. The normalized spacial score (nSPS) is 11.1. The topological polar surface area (TPSA) is 73.8 Å². The summed E-state index contributed by atoms with van der Waals surface area (Å²) in [5, 5.41) is 6.91. The van der Waals surface area contributed by atoms with E-state index in [9.17, 15) is 9.59 Å². The van der Waals surface area contributed by atoms with Gasteiger partial charge in [0.15, 0.2) is 0 Å². The molecule has 0 aliphatic carbocycles. The monoisotopic (exact) mass is 299 g/mol. The number of imidazole rings is 1. The van der Waals surface area contributed by atoms with E-state index in [-0.39, 0.29) is 11.6 Å². The number of anilines is 1. The molecule has 0 aliphatic heterocycles. The summed E-state index contributed by atoms with van der Waals surface area (Å²) in [5.41, 5.74) is 3.47. The molecule has 0 fully saturated rings. The quantitative estimate of drug-likeness (QED) is 0.772. The molecule has 22 heavy (non-hydrogen) atoms. The third kappa shape index (κ3) is 2.02. The Balaban J connectivity index is 1.98. The first-order chi connectivity index (χ1) is 10.4. The van der Waals surface area contributed by atoms with E-state index >= 15 is 0 Å². The van der Waals surface area contributed by atoms with Crippen LogP contribution in [-0.2, 0) is 21.1 Å². The van der Waals surface area contributed by atoms with Crippen LogP contribution in [0.1, 0.15) is 16.1 Å². The van der Waals surface area contributed by atoms with Gasteiger partial charge in [-0.1, -0.05) is 0 Å². The number of carbonyl (C=O) groups is 1. The van der Waals surface area contributed by atoms with Gasteiger partial charge < -0.3 is 5.32 Å². The number of aryl methyl sites for hydroxylation is 3. The van der Waals surface area contributed by atoms with Crippen molar-refractivity contribution < 1.29 is 4.79 Å². The highest BCUT2D eigenvalue weighted by molar-refractivity contribution is 6.05. The lowest BCUT2D eigenvalue weighted by Crippen LogP contribution is -2.19. The first-order valence-corrected chi connectivity index (χ1v) is 6.85. The van der Waals surface area contributed by atoms with Gasteiger partial charge in [0.05, 0.1) is 22.8 Å². The van der Waals surface area contributed by atoms with E-state index in [0.717, 1.165) is 16.7 Å². The number of rotatable bonds is 2. The maximum atomic E-state index is 12.3. The van der Waals surface area contributed by atoms with Crippen molar-refractivity contribution >= 4 is 22.6 Å². The molecule has 0 saturated heterocycles. The van der Waals surface area contributed by atoms with Crippen LogP contribution in [-0.4, -0.2) is 24.8 Å². The average molecular weight is 299 g/mol. The fourth-order valence-corrected chi connectivity index (χ4v) is 2.50. The Morgan fingerprint density at radius 1 is 1.14 bits per heavy atom. The minimum Gasteiger partial charge on any atom is -0.322 e. The summed E-state index contributed by atoms with van der Waals surface area (Å²) in [5.74, 6) is -0.217. The Bertz CT molecular complexity index is 945. The number of benzene rings is 1. The number of carbonyl (C=O) groups excluding carboxylic acids is 1. The Labute approximate surface area is 126 Å². The van der Waals surface area contributed by atoms with E-state index in [0.29, 0.717) is 11.3 Å². The van der Waals surface area contributed by atoms with Crippen LogP contribution >= 0.6 is 0 Å². The first-order valence-electron chi connectivity index (χ1n) is 6.85. The number of fused-ring (bicyclic) bond motifs is 1. The number of nitrogens with zero attached hydrogens (tertiary/aromatic N) is 4. The molecule has 1 amide bonds. The molecular formula is C15H17N5O2. The van der Waals surface area contributed by atoms with Crippen molar-refractivity contribution in [2.45, 2.75) is 6.92 Å². The van der Waals surface area contributed by atoms with Crippen molar-refractivity contribution in [2.75, 3.05) is 5.32 Å². The summed E-state index contributed by atoms with van der Waals surface area (Å²) in [6.45, 7) is 1.84. The van der Waals surface area contributed by atoms with Crippen LogP contribution in [0.15, 0.2) is 29.2 Å². The maximum absolute atomic E-state index is 12.3. The minimum absolute atomic E-state index is 0.0958. The van der Waals surface area contributed by atoms with Gasteiger partial charge in [0, 0.05) is 32.5 Å². The summed E-state index contributed by atoms with van der Waals surface area (Å²) in [7, 11) is 5.22. The lowest BCUT2D eigenvalue weighted by molar-refractivity contribution is 0.102. The van der Waals surface area contributed by atoms with Crippen LogP contribution in [0.3, 0.4) is 0 Å². The molecule has 0 bridgehead atoms. The SMILES string of the molecule is Cc1c(C(=O)Nc2ccc3c(c2)n(C)c(=O)n3C)cnn1C. The van der Waals surface area contributed by atoms with Crippen molar-refractivity contribution in [1.29, 1.82) is 0 Å². The molecule has 7 nitrogen and oxygen atoms in total. The summed E-state index contributed by atoms with van der Waals surface area (Å²) < 4.78 is 4.78. The number of hydrogen-bond donors (Lipinski definition) is 1. The van der Waals surface area contributed by atoms with Crippen LogP contribution in [0.4, 0.5) is 5.69 Å². The van der Waals surface area contributed by atoms with Gasteiger partial charge in [-0.15, -0.1) is 0 Å². The highest BCUT2D eigenvalue weighted by Gasteiger charge is 2.14. The smallest absolute Gasteiger partial charge is 0.322 e. The van der Waals surface area contributed by atoms with Crippen LogP contribution in [0.5, 0.6) is 0 Å². The summed E-state index contributed by atoms with van der Waals surface area (Å²) in [6, 6.07) is 5.40. The Morgan fingerprint density at radius 2 is 1.82 bits per heavy atom. The second-order valence-electron chi connectivity index (χ2n) is 5.33. The highest BCUT2D eigenvalue weighted by atomic mass is 16.2. The average Bonchev–Trinajstić information content (AvgIpc) is 2.93. The van der Waals surface area contributed by atoms with E-state index in [2.05, 4.69) is 10.4 Å². The van der Waals surface area contributed by atoms with E-state index in [1.807, 2.05) is 13.0 Å². The first kappa shape index (κ1) is 14.1. The maximum Gasteiger partial charge on any atom is 0.328 e. The van der Waals surface area contributed by atoms with Gasteiger partial charge in [-0.05, 0) is 25.1 Å². The van der Waals surface area contributed by atoms with Gasteiger partial charge in [0.1, 0.15) is 0 Å². The number of aromatic nitrogens is 4. The molecule has 0 aliphatic rings. The molecule has 2 heterocycles. The molecule has 0 spiro atoms. The largest absolute Gasteiger partial charge is 0.328 e. The molecule has 2 aromatic heterocycles. The molecule has 3 rings (SSSR count). The molecule has 0 radical (unpaired) electrons. The molecule has 1 N–H and O–H groups in total. The van der Waals surface area contributed by atoms with Gasteiger partial charge in [0.2, 0.25) is 0 Å². The van der Waals surface area contributed by atoms with E-state index < -0.39 is 0 Å². The summed E-state index contributed by atoms with van der Waals surface area (Å²) in [6.07, 6.45) is 1.54. The third-order valence-electron chi connectivity index (χ3n) is 4.01. The molecule has 0 atom stereocenters.